The van der Waals surface area contributed by atoms with Gasteiger partial charge in [0.25, 0.3) is 0 Å². The van der Waals surface area contributed by atoms with Gasteiger partial charge in [-0.3, -0.25) is 0 Å². The molecule has 0 N–H and O–H groups in total. The molecule has 1 aromatic rings. The van der Waals surface area contributed by atoms with E-state index in [-0.39, 0.29) is 0 Å². The minimum Gasteiger partial charge on any atom is -0.624 e. The van der Waals surface area contributed by atoms with E-state index in [4.69, 9.17) is 0 Å². The van der Waals surface area contributed by atoms with E-state index in [0.717, 1.165) is 10.3 Å². The van der Waals surface area contributed by atoms with Crippen LogP contribution < -0.4 is 0 Å². The van der Waals surface area contributed by atoms with Crippen molar-refractivity contribution in [3.8, 4) is 0 Å². The first kappa shape index (κ1) is 9.52. The Kier molecular flexibility index (Phi) is 3.76. The average Bonchev–Trinajstić information content (AvgIpc) is 2.14. The van der Waals surface area contributed by atoms with Crippen LogP contribution in [-0.2, 0) is 0 Å². The summed E-state index contributed by atoms with van der Waals surface area (Å²) in [5.41, 5.74) is 1.16. The molecule has 0 bridgehead atoms. The predicted octanol–water partition coefficient (Wildman–Crippen LogP) is 2.30. The maximum atomic E-state index is 10.5. The van der Waals surface area contributed by atoms with Crippen molar-refractivity contribution in [2.45, 2.75) is 6.42 Å². The summed E-state index contributed by atoms with van der Waals surface area (Å²) in [6, 6.07) is 10.0. The number of benzene rings is 1. The fraction of sp³-hybridized carbons (Fsp3) is 0.182. The van der Waals surface area contributed by atoms with E-state index >= 15 is 0 Å². The zero-order valence-corrected chi connectivity index (χ0v) is 7.68. The summed E-state index contributed by atoms with van der Waals surface area (Å²) >= 11 is 0. The number of hydroxylamine groups is 1. The minimum atomic E-state index is 0.675. The molecular formula is C11H13NO. The second kappa shape index (κ2) is 5.14. The fourth-order valence-electron chi connectivity index (χ4n) is 0.978. The van der Waals surface area contributed by atoms with Crippen molar-refractivity contribution in [1.82, 2.24) is 0 Å². The fourth-order valence-corrected chi connectivity index (χ4v) is 0.978. The topological polar surface area (TPSA) is 26.1 Å². The van der Waals surface area contributed by atoms with Crippen molar-refractivity contribution in [2.24, 2.45) is 0 Å². The molecule has 0 aromatic heterocycles. The van der Waals surface area contributed by atoms with E-state index in [1.54, 1.807) is 6.21 Å². The number of hydrogen-bond donors (Lipinski definition) is 0. The van der Waals surface area contributed by atoms with Gasteiger partial charge in [0.1, 0.15) is 7.05 Å². The summed E-state index contributed by atoms with van der Waals surface area (Å²) in [6.45, 7) is 0. The lowest BCUT2D eigenvalue weighted by molar-refractivity contribution is -0.418. The van der Waals surface area contributed by atoms with E-state index in [1.165, 1.54) is 7.05 Å². The van der Waals surface area contributed by atoms with Gasteiger partial charge in [0.15, 0.2) is 6.21 Å². The molecule has 13 heavy (non-hydrogen) atoms. The van der Waals surface area contributed by atoms with Gasteiger partial charge in [-0.25, -0.2) is 4.74 Å². The van der Waals surface area contributed by atoms with Crippen molar-refractivity contribution < 1.29 is 4.74 Å². The Hall–Kier alpha value is -1.57. The molecule has 0 radical (unpaired) electrons. The van der Waals surface area contributed by atoms with E-state index < -0.39 is 0 Å². The third kappa shape index (κ3) is 4.11. The average molecular weight is 175 g/mol. The van der Waals surface area contributed by atoms with Gasteiger partial charge in [0.05, 0.1) is 0 Å². The summed E-state index contributed by atoms with van der Waals surface area (Å²) in [4.78, 5) is 0. The Labute approximate surface area is 78.4 Å². The molecule has 2 nitrogen and oxygen atoms in total. The van der Waals surface area contributed by atoms with Crippen LogP contribution >= 0.6 is 0 Å². The molecule has 0 atom stereocenters. The summed E-state index contributed by atoms with van der Waals surface area (Å²) in [5, 5.41) is 10.5. The molecule has 0 fully saturated rings. The van der Waals surface area contributed by atoms with Gasteiger partial charge in [-0.2, -0.15) is 0 Å². The molecule has 0 heterocycles. The van der Waals surface area contributed by atoms with Gasteiger partial charge in [0.2, 0.25) is 0 Å². The molecule has 0 aliphatic rings. The maximum Gasteiger partial charge on any atom is 0.154 e. The normalized spacial score (nSPS) is 12.2. The summed E-state index contributed by atoms with van der Waals surface area (Å²) in [5.74, 6) is 0. The highest BCUT2D eigenvalue weighted by atomic mass is 16.5. The van der Waals surface area contributed by atoms with Crippen LogP contribution in [0.15, 0.2) is 36.4 Å². The number of allylic oxidation sites excluding steroid dienone is 1. The van der Waals surface area contributed by atoms with Crippen LogP contribution in [0.5, 0.6) is 0 Å². The molecule has 0 amide bonds. The molecule has 0 aliphatic heterocycles. The second-order valence-electron chi connectivity index (χ2n) is 2.78. The van der Waals surface area contributed by atoms with Gasteiger partial charge >= 0.3 is 0 Å². The first-order valence-corrected chi connectivity index (χ1v) is 4.24. The van der Waals surface area contributed by atoms with E-state index in [1.807, 2.05) is 42.5 Å². The Morgan fingerprint density at radius 2 is 2.00 bits per heavy atom. The molecule has 68 valence electrons. The lowest BCUT2D eigenvalue weighted by Gasteiger charge is -1.92. The molecule has 2 heteroatoms. The van der Waals surface area contributed by atoms with Crippen LogP contribution in [-0.4, -0.2) is 18.0 Å². The van der Waals surface area contributed by atoms with Gasteiger partial charge in [-0.1, -0.05) is 42.5 Å². The smallest absolute Gasteiger partial charge is 0.154 e. The minimum absolute atomic E-state index is 0.675. The monoisotopic (exact) mass is 175 g/mol. The molecule has 0 spiro atoms. The van der Waals surface area contributed by atoms with E-state index in [2.05, 4.69) is 0 Å². The van der Waals surface area contributed by atoms with Gasteiger partial charge < -0.3 is 5.21 Å². The van der Waals surface area contributed by atoms with Crippen molar-refractivity contribution in [3.05, 3.63) is 47.2 Å². The van der Waals surface area contributed by atoms with Gasteiger partial charge in [-0.15, -0.1) is 0 Å². The van der Waals surface area contributed by atoms with Crippen LogP contribution in [0, 0.1) is 5.21 Å². The largest absolute Gasteiger partial charge is 0.624 e. The first-order valence-electron chi connectivity index (χ1n) is 4.24. The van der Waals surface area contributed by atoms with Crippen LogP contribution in [0.25, 0.3) is 6.08 Å². The van der Waals surface area contributed by atoms with E-state index in [9.17, 15) is 5.21 Å². The van der Waals surface area contributed by atoms with Gasteiger partial charge in [-0.05, 0) is 5.56 Å². The molecule has 1 aromatic carbocycles. The van der Waals surface area contributed by atoms with Gasteiger partial charge in [0, 0.05) is 6.42 Å². The SMILES string of the molecule is C[N+]([O-])=CCC=Cc1ccccc1. The Bertz CT molecular complexity index is 297. The van der Waals surface area contributed by atoms with Crippen LogP contribution in [0.3, 0.4) is 0 Å². The predicted molar refractivity (Wildman–Crippen MR) is 55.7 cm³/mol. The molecule has 0 saturated heterocycles. The first-order chi connectivity index (χ1) is 6.29. The van der Waals surface area contributed by atoms with Crippen molar-refractivity contribution >= 4 is 12.3 Å². The van der Waals surface area contributed by atoms with Crippen LogP contribution in [0.1, 0.15) is 12.0 Å². The molecule has 1 rings (SSSR count). The Balaban J connectivity index is 2.46. The molecular weight excluding hydrogens is 162 g/mol. The summed E-state index contributed by atoms with van der Waals surface area (Å²) in [7, 11) is 1.48. The van der Waals surface area contributed by atoms with Crippen molar-refractivity contribution in [3.63, 3.8) is 0 Å². The Morgan fingerprint density at radius 1 is 1.31 bits per heavy atom. The van der Waals surface area contributed by atoms with Crippen molar-refractivity contribution in [2.75, 3.05) is 7.05 Å². The zero-order valence-electron chi connectivity index (χ0n) is 7.68. The highest BCUT2D eigenvalue weighted by Crippen LogP contribution is 2.00. The summed E-state index contributed by atoms with van der Waals surface area (Å²) in [6.07, 6.45) is 6.22. The molecule has 0 saturated carbocycles. The third-order valence-electron chi connectivity index (χ3n) is 1.61. The van der Waals surface area contributed by atoms with Crippen LogP contribution in [0.4, 0.5) is 0 Å². The molecule has 0 aliphatic carbocycles. The second-order valence-corrected chi connectivity index (χ2v) is 2.78. The Morgan fingerprint density at radius 3 is 2.62 bits per heavy atom. The lowest BCUT2D eigenvalue weighted by atomic mass is 10.2. The quantitative estimate of drug-likeness (QED) is 0.299. The summed E-state index contributed by atoms with van der Waals surface area (Å²) < 4.78 is 0.815. The highest BCUT2D eigenvalue weighted by Gasteiger charge is 1.82. The highest BCUT2D eigenvalue weighted by molar-refractivity contribution is 5.58. The lowest BCUT2D eigenvalue weighted by Crippen LogP contribution is -1.93. The van der Waals surface area contributed by atoms with Crippen LogP contribution in [0.2, 0.25) is 0 Å². The maximum absolute atomic E-state index is 10.5. The number of nitrogens with zero attached hydrogens (tertiary/aromatic N) is 1. The van der Waals surface area contributed by atoms with E-state index in [0.29, 0.717) is 6.42 Å². The molecule has 0 unspecified atom stereocenters. The zero-order chi connectivity index (χ0) is 9.52. The number of rotatable bonds is 3. The number of hydrogen-bond acceptors (Lipinski definition) is 1. The van der Waals surface area contributed by atoms with Crippen molar-refractivity contribution in [1.29, 1.82) is 0 Å². The third-order valence-corrected chi connectivity index (χ3v) is 1.61. The standard InChI is InChI=1S/C11H13NO/c1-12(13)10-6-5-9-11-7-3-2-4-8-11/h2-5,7-10H,6H2,1H3.